The molecule has 1 nitrogen and oxygen atoms in total. The van der Waals surface area contributed by atoms with Crippen molar-refractivity contribution < 1.29 is 0 Å². The Bertz CT molecular complexity index is 588. The number of hydrogen-bond acceptors (Lipinski definition) is 1. The minimum atomic E-state index is 0.292. The average Bonchev–Trinajstić information content (AvgIpc) is 2.67. The third-order valence-corrected chi connectivity index (χ3v) is 4.69. The van der Waals surface area contributed by atoms with Gasteiger partial charge in [0.1, 0.15) is 0 Å². The Kier molecular flexibility index (Phi) is 8.90. The number of benzene rings is 2. The van der Waals surface area contributed by atoms with Crippen LogP contribution < -0.4 is 5.32 Å². The van der Waals surface area contributed by atoms with Gasteiger partial charge in [0.25, 0.3) is 0 Å². The standard InChI is InChI=1S/C24H33N/c1-3-4-5-6-7-8-11-16-21(2)24(22-17-12-9-13-18-22)25-23-19-14-10-15-20-23/h9-21,24-25H,3-8H2,1-2H3/b16-11+/t21-,24-/m0/s1. The lowest BCUT2D eigenvalue weighted by Crippen LogP contribution is -2.17. The average molecular weight is 336 g/mol. The third kappa shape index (κ3) is 7.17. The van der Waals surface area contributed by atoms with E-state index in [1.165, 1.54) is 49.8 Å². The van der Waals surface area contributed by atoms with Crippen LogP contribution in [-0.2, 0) is 0 Å². The first-order chi connectivity index (χ1) is 12.3. The molecule has 2 rings (SSSR count). The number of unbranched alkanes of at least 4 members (excludes halogenated alkanes) is 5. The van der Waals surface area contributed by atoms with Crippen LogP contribution in [0.2, 0.25) is 0 Å². The van der Waals surface area contributed by atoms with Gasteiger partial charge in [-0.2, -0.15) is 0 Å². The predicted molar refractivity (Wildman–Crippen MR) is 111 cm³/mol. The van der Waals surface area contributed by atoms with Gasteiger partial charge in [0.2, 0.25) is 0 Å². The zero-order chi connectivity index (χ0) is 17.7. The molecule has 0 aliphatic carbocycles. The van der Waals surface area contributed by atoms with Gasteiger partial charge in [0.15, 0.2) is 0 Å². The van der Waals surface area contributed by atoms with E-state index in [1.54, 1.807) is 0 Å². The number of rotatable bonds is 11. The van der Waals surface area contributed by atoms with E-state index in [0.29, 0.717) is 12.0 Å². The minimum absolute atomic E-state index is 0.292. The van der Waals surface area contributed by atoms with Gasteiger partial charge in [0.05, 0.1) is 6.04 Å². The lowest BCUT2D eigenvalue weighted by molar-refractivity contribution is 0.598. The molecule has 0 aliphatic rings. The van der Waals surface area contributed by atoms with Crippen LogP contribution >= 0.6 is 0 Å². The highest BCUT2D eigenvalue weighted by Gasteiger charge is 2.16. The fourth-order valence-electron chi connectivity index (χ4n) is 3.18. The molecule has 0 saturated heterocycles. The Balaban J connectivity index is 1.95. The Morgan fingerprint density at radius 1 is 0.840 bits per heavy atom. The molecule has 0 aromatic heterocycles. The summed E-state index contributed by atoms with van der Waals surface area (Å²) in [5, 5.41) is 3.71. The summed E-state index contributed by atoms with van der Waals surface area (Å²) in [4.78, 5) is 0. The smallest absolute Gasteiger partial charge is 0.0573 e. The maximum Gasteiger partial charge on any atom is 0.0573 e. The highest BCUT2D eigenvalue weighted by molar-refractivity contribution is 5.45. The lowest BCUT2D eigenvalue weighted by atomic mass is 9.93. The fraction of sp³-hybridized carbons (Fsp3) is 0.417. The Labute approximate surface area is 154 Å². The van der Waals surface area contributed by atoms with E-state index in [4.69, 9.17) is 0 Å². The molecule has 0 amide bonds. The van der Waals surface area contributed by atoms with Gasteiger partial charge in [-0.25, -0.2) is 0 Å². The molecule has 0 bridgehead atoms. The second-order valence-electron chi connectivity index (χ2n) is 6.89. The largest absolute Gasteiger partial charge is 0.378 e. The summed E-state index contributed by atoms with van der Waals surface area (Å²) in [7, 11) is 0. The van der Waals surface area contributed by atoms with Crippen LogP contribution in [0.25, 0.3) is 0 Å². The molecule has 1 heteroatoms. The van der Waals surface area contributed by atoms with E-state index in [2.05, 4.69) is 92.0 Å². The molecule has 0 fully saturated rings. The predicted octanol–water partition coefficient (Wildman–Crippen LogP) is 7.39. The monoisotopic (exact) mass is 335 g/mol. The molecule has 2 atom stereocenters. The van der Waals surface area contributed by atoms with E-state index in [0.717, 1.165) is 0 Å². The van der Waals surface area contributed by atoms with Crippen molar-refractivity contribution in [2.75, 3.05) is 5.32 Å². The second kappa shape index (κ2) is 11.5. The minimum Gasteiger partial charge on any atom is -0.378 e. The van der Waals surface area contributed by atoms with Crippen molar-refractivity contribution in [1.82, 2.24) is 0 Å². The Morgan fingerprint density at radius 3 is 2.16 bits per heavy atom. The third-order valence-electron chi connectivity index (χ3n) is 4.69. The summed E-state index contributed by atoms with van der Waals surface area (Å²) < 4.78 is 0. The van der Waals surface area contributed by atoms with Crippen molar-refractivity contribution in [2.45, 2.75) is 58.4 Å². The molecule has 0 unspecified atom stereocenters. The van der Waals surface area contributed by atoms with Crippen LogP contribution in [0.15, 0.2) is 72.8 Å². The topological polar surface area (TPSA) is 12.0 Å². The van der Waals surface area contributed by atoms with Crippen molar-refractivity contribution in [1.29, 1.82) is 0 Å². The van der Waals surface area contributed by atoms with Crippen molar-refractivity contribution >= 4 is 5.69 Å². The van der Waals surface area contributed by atoms with Crippen LogP contribution in [0.1, 0.15) is 64.0 Å². The van der Waals surface area contributed by atoms with Crippen molar-refractivity contribution in [3.05, 3.63) is 78.4 Å². The highest BCUT2D eigenvalue weighted by Crippen LogP contribution is 2.27. The van der Waals surface area contributed by atoms with E-state index < -0.39 is 0 Å². The van der Waals surface area contributed by atoms with E-state index >= 15 is 0 Å². The van der Waals surface area contributed by atoms with E-state index in [1.807, 2.05) is 0 Å². The molecule has 0 saturated carbocycles. The SMILES string of the molecule is CCCCCCC/C=C/[C@H](C)[C@H](Nc1ccccc1)c1ccccc1. The summed E-state index contributed by atoms with van der Waals surface area (Å²) in [6.45, 7) is 4.58. The lowest BCUT2D eigenvalue weighted by Gasteiger charge is -2.25. The van der Waals surface area contributed by atoms with Gasteiger partial charge < -0.3 is 5.32 Å². The van der Waals surface area contributed by atoms with Gasteiger partial charge in [-0.05, 0) is 36.5 Å². The van der Waals surface area contributed by atoms with Crippen molar-refractivity contribution in [3.63, 3.8) is 0 Å². The molecule has 0 heterocycles. The van der Waals surface area contributed by atoms with Crippen LogP contribution in [0.5, 0.6) is 0 Å². The maximum absolute atomic E-state index is 3.71. The first kappa shape index (κ1) is 19.3. The quantitative estimate of drug-likeness (QED) is 0.333. The maximum atomic E-state index is 3.71. The van der Waals surface area contributed by atoms with Crippen LogP contribution in [0.3, 0.4) is 0 Å². The summed E-state index contributed by atoms with van der Waals surface area (Å²) >= 11 is 0. The zero-order valence-corrected chi connectivity index (χ0v) is 15.8. The van der Waals surface area contributed by atoms with Gasteiger partial charge in [0, 0.05) is 5.69 Å². The Hall–Kier alpha value is -2.02. The molecule has 134 valence electrons. The van der Waals surface area contributed by atoms with E-state index in [9.17, 15) is 0 Å². The van der Waals surface area contributed by atoms with Crippen LogP contribution in [0.4, 0.5) is 5.69 Å². The molecular formula is C24H33N. The van der Waals surface area contributed by atoms with Gasteiger partial charge in [-0.3, -0.25) is 0 Å². The van der Waals surface area contributed by atoms with Gasteiger partial charge in [-0.1, -0.05) is 100 Å². The molecule has 1 N–H and O–H groups in total. The first-order valence-corrected chi connectivity index (χ1v) is 9.84. The number of anilines is 1. The molecule has 0 aliphatic heterocycles. The molecule has 0 radical (unpaired) electrons. The Morgan fingerprint density at radius 2 is 1.48 bits per heavy atom. The zero-order valence-electron chi connectivity index (χ0n) is 15.8. The van der Waals surface area contributed by atoms with E-state index in [-0.39, 0.29) is 0 Å². The molecule has 2 aromatic carbocycles. The summed E-state index contributed by atoms with van der Waals surface area (Å²) in [6, 6.07) is 21.6. The first-order valence-electron chi connectivity index (χ1n) is 9.84. The van der Waals surface area contributed by atoms with Crippen LogP contribution in [0, 0.1) is 5.92 Å². The van der Waals surface area contributed by atoms with Gasteiger partial charge >= 0.3 is 0 Å². The molecule has 2 aromatic rings. The number of nitrogens with one attached hydrogen (secondary N) is 1. The summed E-state index contributed by atoms with van der Waals surface area (Å²) in [6.07, 6.45) is 12.7. The molecular weight excluding hydrogens is 302 g/mol. The van der Waals surface area contributed by atoms with Crippen molar-refractivity contribution in [3.8, 4) is 0 Å². The van der Waals surface area contributed by atoms with Crippen LogP contribution in [-0.4, -0.2) is 0 Å². The number of allylic oxidation sites excluding steroid dienone is 1. The van der Waals surface area contributed by atoms with Crippen molar-refractivity contribution in [2.24, 2.45) is 5.92 Å². The second-order valence-corrected chi connectivity index (χ2v) is 6.89. The normalized spacial score (nSPS) is 13.7. The number of para-hydroxylation sites is 1. The molecule has 25 heavy (non-hydrogen) atoms. The van der Waals surface area contributed by atoms with Gasteiger partial charge in [-0.15, -0.1) is 0 Å². The molecule has 0 spiro atoms. The summed E-state index contributed by atoms with van der Waals surface area (Å²) in [5.41, 5.74) is 2.52. The highest BCUT2D eigenvalue weighted by atomic mass is 14.9. The summed E-state index contributed by atoms with van der Waals surface area (Å²) in [5.74, 6) is 0.443. The fourth-order valence-corrected chi connectivity index (χ4v) is 3.18. The number of hydrogen-bond donors (Lipinski definition) is 1.